The maximum absolute atomic E-state index is 14.5. The van der Waals surface area contributed by atoms with Crippen LogP contribution in [0.25, 0.3) is 0 Å². The highest BCUT2D eigenvalue weighted by molar-refractivity contribution is 7.92. The van der Waals surface area contributed by atoms with Crippen LogP contribution in [-0.2, 0) is 32.6 Å². The zero-order valence-corrected chi connectivity index (χ0v) is 22.3. The van der Waals surface area contributed by atoms with Crippen LogP contribution in [0.15, 0.2) is 77.7 Å². The molecule has 0 bridgehead atoms. The molecule has 3 aromatic carbocycles. The number of hydrogen-bond donors (Lipinski definition) is 1. The van der Waals surface area contributed by atoms with E-state index in [0.717, 1.165) is 15.4 Å². The molecule has 9 heteroatoms. The lowest BCUT2D eigenvalue weighted by Gasteiger charge is -2.32. The Morgan fingerprint density at radius 1 is 0.946 bits per heavy atom. The molecule has 1 atom stereocenters. The first-order valence-electron chi connectivity index (χ1n) is 12.0. The fourth-order valence-corrected chi connectivity index (χ4v) is 5.46. The van der Waals surface area contributed by atoms with E-state index < -0.39 is 40.2 Å². The summed E-state index contributed by atoms with van der Waals surface area (Å²) in [5, 5.41) is 2.51. The zero-order chi connectivity index (χ0) is 27.2. The van der Waals surface area contributed by atoms with Gasteiger partial charge in [-0.2, -0.15) is 0 Å². The lowest BCUT2D eigenvalue weighted by molar-refractivity contribution is -0.139. The van der Waals surface area contributed by atoms with Crippen LogP contribution >= 0.6 is 0 Å². The van der Waals surface area contributed by atoms with Gasteiger partial charge in [-0.25, -0.2) is 12.8 Å². The number of likely N-dealkylation sites (N-methyl/N-ethyl adjacent to an activating group) is 1. The normalized spacial score (nSPS) is 12.0. The summed E-state index contributed by atoms with van der Waals surface area (Å²) in [7, 11) is -2.71. The van der Waals surface area contributed by atoms with Gasteiger partial charge in [0.2, 0.25) is 11.8 Å². The van der Waals surface area contributed by atoms with Gasteiger partial charge in [0.05, 0.1) is 10.6 Å². The van der Waals surface area contributed by atoms with Crippen LogP contribution in [0, 0.1) is 12.7 Å². The topological polar surface area (TPSA) is 86.8 Å². The van der Waals surface area contributed by atoms with Crippen LogP contribution in [0.5, 0.6) is 0 Å². The van der Waals surface area contributed by atoms with Crippen molar-refractivity contribution >= 4 is 27.5 Å². The Morgan fingerprint density at radius 2 is 1.54 bits per heavy atom. The fraction of sp³-hybridized carbons (Fsp3) is 0.286. The Labute approximate surface area is 218 Å². The number of benzene rings is 3. The van der Waals surface area contributed by atoms with Gasteiger partial charge < -0.3 is 10.2 Å². The summed E-state index contributed by atoms with van der Waals surface area (Å²) in [6.45, 7) is 4.51. The van der Waals surface area contributed by atoms with Crippen molar-refractivity contribution in [3.8, 4) is 0 Å². The smallest absolute Gasteiger partial charge is 0.264 e. The largest absolute Gasteiger partial charge is 0.357 e. The first-order valence-corrected chi connectivity index (χ1v) is 13.5. The van der Waals surface area contributed by atoms with Crippen molar-refractivity contribution < 1.29 is 22.4 Å². The molecule has 0 unspecified atom stereocenters. The van der Waals surface area contributed by atoms with Gasteiger partial charge in [-0.1, -0.05) is 61.0 Å². The molecule has 3 aromatic rings. The highest BCUT2D eigenvalue weighted by Gasteiger charge is 2.33. The highest BCUT2D eigenvalue weighted by atomic mass is 32.2. The summed E-state index contributed by atoms with van der Waals surface area (Å²) in [5.41, 5.74) is 2.22. The lowest BCUT2D eigenvalue weighted by Crippen LogP contribution is -2.51. The SMILES string of the molecule is CCc1ccccc1N(CC(=O)N(Cc1ccccc1F)[C@@H](C)C(=O)NC)S(=O)(=O)c1ccc(C)cc1. The number of aryl methyl sites for hydroxylation is 2. The molecule has 0 aliphatic rings. The quantitative estimate of drug-likeness (QED) is 0.433. The van der Waals surface area contributed by atoms with Gasteiger partial charge in [0.15, 0.2) is 0 Å². The van der Waals surface area contributed by atoms with Crippen LogP contribution in [0.3, 0.4) is 0 Å². The van der Waals surface area contributed by atoms with E-state index in [1.807, 2.05) is 19.9 Å². The number of halogens is 1. The average molecular weight is 526 g/mol. The third kappa shape index (κ3) is 6.35. The molecule has 7 nitrogen and oxygen atoms in total. The highest BCUT2D eigenvalue weighted by Crippen LogP contribution is 2.28. The van der Waals surface area contributed by atoms with Crippen LogP contribution in [0.2, 0.25) is 0 Å². The molecule has 1 N–H and O–H groups in total. The molecule has 37 heavy (non-hydrogen) atoms. The van der Waals surface area contributed by atoms with Crippen molar-refractivity contribution in [1.82, 2.24) is 10.2 Å². The Kier molecular flexibility index (Phi) is 9.04. The number of amides is 2. The molecule has 0 fully saturated rings. The molecule has 0 aliphatic carbocycles. The number of rotatable bonds is 10. The van der Waals surface area contributed by atoms with Crippen LogP contribution in [-0.4, -0.2) is 44.8 Å². The van der Waals surface area contributed by atoms with E-state index in [9.17, 15) is 22.4 Å². The third-order valence-electron chi connectivity index (χ3n) is 6.24. The number of para-hydroxylation sites is 1. The predicted octanol–water partition coefficient (Wildman–Crippen LogP) is 4.06. The number of anilines is 1. The van der Waals surface area contributed by atoms with Gasteiger partial charge in [-0.3, -0.25) is 13.9 Å². The van der Waals surface area contributed by atoms with Crippen molar-refractivity contribution in [3.63, 3.8) is 0 Å². The molecule has 2 amide bonds. The molecule has 3 rings (SSSR count). The van der Waals surface area contributed by atoms with E-state index in [4.69, 9.17) is 0 Å². The predicted molar refractivity (Wildman–Crippen MR) is 142 cm³/mol. The number of nitrogens with one attached hydrogen (secondary N) is 1. The molecular weight excluding hydrogens is 493 g/mol. The molecule has 0 aromatic heterocycles. The van der Waals surface area contributed by atoms with Crippen molar-refractivity contribution in [2.75, 3.05) is 17.9 Å². The van der Waals surface area contributed by atoms with E-state index >= 15 is 0 Å². The second kappa shape index (κ2) is 12.0. The summed E-state index contributed by atoms with van der Waals surface area (Å²) >= 11 is 0. The second-order valence-electron chi connectivity index (χ2n) is 8.71. The maximum atomic E-state index is 14.5. The van der Waals surface area contributed by atoms with Crippen molar-refractivity contribution in [2.45, 2.75) is 44.7 Å². The zero-order valence-electron chi connectivity index (χ0n) is 21.4. The van der Waals surface area contributed by atoms with E-state index in [1.54, 1.807) is 36.4 Å². The third-order valence-corrected chi connectivity index (χ3v) is 8.02. The van der Waals surface area contributed by atoms with Crippen LogP contribution in [0.1, 0.15) is 30.5 Å². The first kappa shape index (κ1) is 27.9. The molecule has 0 saturated carbocycles. The fourth-order valence-electron chi connectivity index (χ4n) is 4.01. The molecule has 0 aliphatic heterocycles. The maximum Gasteiger partial charge on any atom is 0.264 e. The second-order valence-corrected chi connectivity index (χ2v) is 10.6. The van der Waals surface area contributed by atoms with Gasteiger partial charge in [0, 0.05) is 19.2 Å². The Bertz CT molecular complexity index is 1360. The van der Waals surface area contributed by atoms with E-state index in [2.05, 4.69) is 5.32 Å². The van der Waals surface area contributed by atoms with E-state index in [-0.39, 0.29) is 17.0 Å². The molecule has 0 saturated heterocycles. The number of hydrogen-bond acceptors (Lipinski definition) is 4. The molecule has 0 radical (unpaired) electrons. The molecular formula is C28H32FN3O4S. The summed E-state index contributed by atoms with van der Waals surface area (Å²) in [6.07, 6.45) is 0.540. The Hall–Kier alpha value is -3.72. The Morgan fingerprint density at radius 3 is 2.14 bits per heavy atom. The van der Waals surface area contributed by atoms with Crippen molar-refractivity contribution in [3.05, 3.63) is 95.3 Å². The molecule has 0 heterocycles. The van der Waals surface area contributed by atoms with Crippen LogP contribution in [0.4, 0.5) is 10.1 Å². The van der Waals surface area contributed by atoms with Crippen LogP contribution < -0.4 is 9.62 Å². The summed E-state index contributed by atoms with van der Waals surface area (Å²) in [5.74, 6) is -1.61. The van der Waals surface area contributed by atoms with Gasteiger partial charge in [-0.05, 0) is 50.1 Å². The van der Waals surface area contributed by atoms with Crippen molar-refractivity contribution in [2.24, 2.45) is 0 Å². The molecule has 196 valence electrons. The van der Waals surface area contributed by atoms with Crippen molar-refractivity contribution in [1.29, 1.82) is 0 Å². The summed E-state index contributed by atoms with van der Waals surface area (Å²) in [6, 6.07) is 18.4. The summed E-state index contributed by atoms with van der Waals surface area (Å²) < 4.78 is 43.3. The number of sulfonamides is 1. The average Bonchev–Trinajstić information content (AvgIpc) is 2.90. The van der Waals surface area contributed by atoms with Gasteiger partial charge in [0.1, 0.15) is 18.4 Å². The standard InChI is InChI=1S/C28H32FN3O4S/c1-5-22-10-7-9-13-26(22)32(37(35,36)24-16-14-20(2)15-17-24)19-27(33)31(21(3)28(34)30-4)18-23-11-6-8-12-25(23)29/h6-17,21H,5,18-19H2,1-4H3,(H,30,34)/t21-/m0/s1. The first-order chi connectivity index (χ1) is 17.6. The number of carbonyl (C=O) groups is 2. The van der Waals surface area contributed by atoms with Gasteiger partial charge in [0.25, 0.3) is 10.0 Å². The molecule has 0 spiro atoms. The minimum atomic E-state index is -4.15. The Balaban J connectivity index is 2.08. The lowest BCUT2D eigenvalue weighted by atomic mass is 10.1. The number of carbonyl (C=O) groups excluding carboxylic acids is 2. The van der Waals surface area contributed by atoms with Gasteiger partial charge in [-0.15, -0.1) is 0 Å². The minimum absolute atomic E-state index is 0.0387. The minimum Gasteiger partial charge on any atom is -0.357 e. The van der Waals surface area contributed by atoms with E-state index in [1.165, 1.54) is 49.2 Å². The van der Waals surface area contributed by atoms with Gasteiger partial charge >= 0.3 is 0 Å². The van der Waals surface area contributed by atoms with E-state index in [0.29, 0.717) is 12.1 Å². The monoisotopic (exact) mass is 525 g/mol. The summed E-state index contributed by atoms with van der Waals surface area (Å²) in [4.78, 5) is 27.5. The number of nitrogens with zero attached hydrogens (tertiary/aromatic N) is 2.